The van der Waals surface area contributed by atoms with Crippen molar-refractivity contribution in [1.82, 2.24) is 10.2 Å². The first-order valence-electron chi connectivity index (χ1n) is 10.5. The standard InChI is InChI=1S/C22H31ClN2O3S/c1-14(2)20-22(27)25(11-12-29-3)19(17-13-15(23)9-10-18(17)28-20)21(26)24-16-7-5-4-6-8-16/h9-10,13-14,16,19-20H,4-8,11-12H2,1-3H3,(H,24,26). The lowest BCUT2D eigenvalue weighted by atomic mass is 9.94. The minimum atomic E-state index is -0.728. The molecule has 2 aliphatic rings. The molecule has 1 heterocycles. The van der Waals surface area contributed by atoms with Gasteiger partial charge in [0.05, 0.1) is 0 Å². The largest absolute Gasteiger partial charge is 0.480 e. The molecular weight excluding hydrogens is 408 g/mol. The molecule has 3 rings (SSSR count). The first-order chi connectivity index (χ1) is 13.9. The Morgan fingerprint density at radius 2 is 2.03 bits per heavy atom. The summed E-state index contributed by atoms with van der Waals surface area (Å²) in [6.07, 6.45) is 6.84. The van der Waals surface area contributed by atoms with Crippen molar-refractivity contribution in [2.24, 2.45) is 5.92 Å². The SMILES string of the molecule is CSCCN1C(=O)C(C(C)C)Oc2ccc(Cl)cc2C1C(=O)NC1CCCCC1. The van der Waals surface area contributed by atoms with E-state index >= 15 is 0 Å². The summed E-state index contributed by atoms with van der Waals surface area (Å²) in [6, 6.07) is 4.73. The maximum atomic E-state index is 13.5. The van der Waals surface area contributed by atoms with Crippen LogP contribution < -0.4 is 10.1 Å². The number of nitrogens with one attached hydrogen (secondary N) is 1. The van der Waals surface area contributed by atoms with Crippen LogP contribution in [0, 0.1) is 5.92 Å². The van der Waals surface area contributed by atoms with Crippen molar-refractivity contribution in [3.63, 3.8) is 0 Å². The van der Waals surface area contributed by atoms with E-state index in [1.54, 1.807) is 34.9 Å². The summed E-state index contributed by atoms with van der Waals surface area (Å²) in [4.78, 5) is 28.6. The number of fused-ring (bicyclic) bond motifs is 1. The Morgan fingerprint density at radius 3 is 2.69 bits per heavy atom. The van der Waals surface area contributed by atoms with Crippen LogP contribution in [0.25, 0.3) is 0 Å². The molecule has 0 radical (unpaired) electrons. The Morgan fingerprint density at radius 1 is 1.31 bits per heavy atom. The molecular formula is C22H31ClN2O3S. The van der Waals surface area contributed by atoms with Gasteiger partial charge in [0.25, 0.3) is 5.91 Å². The van der Waals surface area contributed by atoms with E-state index in [-0.39, 0.29) is 23.8 Å². The van der Waals surface area contributed by atoms with Gasteiger partial charge in [-0.1, -0.05) is 44.7 Å². The van der Waals surface area contributed by atoms with Crippen molar-refractivity contribution in [2.75, 3.05) is 18.6 Å². The number of hydrogen-bond acceptors (Lipinski definition) is 4. The third-order valence-corrected chi connectivity index (χ3v) is 6.53. The zero-order chi connectivity index (χ0) is 21.0. The summed E-state index contributed by atoms with van der Waals surface area (Å²) in [5.74, 6) is 1.03. The summed E-state index contributed by atoms with van der Waals surface area (Å²) in [6.45, 7) is 4.42. The molecule has 7 heteroatoms. The second kappa shape index (κ2) is 10.1. The topological polar surface area (TPSA) is 58.6 Å². The Kier molecular flexibility index (Phi) is 7.74. The van der Waals surface area contributed by atoms with E-state index in [1.807, 2.05) is 20.1 Å². The maximum Gasteiger partial charge on any atom is 0.264 e. The van der Waals surface area contributed by atoms with Crippen molar-refractivity contribution in [3.8, 4) is 5.75 Å². The quantitative estimate of drug-likeness (QED) is 0.713. The highest BCUT2D eigenvalue weighted by molar-refractivity contribution is 7.98. The predicted octanol–water partition coefficient (Wildman–Crippen LogP) is 4.44. The fourth-order valence-corrected chi connectivity index (χ4v) is 4.71. The van der Waals surface area contributed by atoms with Gasteiger partial charge in [0.2, 0.25) is 5.91 Å². The number of nitrogens with zero attached hydrogens (tertiary/aromatic N) is 1. The Bertz CT molecular complexity index is 737. The maximum absolute atomic E-state index is 13.5. The van der Waals surface area contributed by atoms with Gasteiger partial charge in [0.15, 0.2) is 6.10 Å². The molecule has 2 atom stereocenters. The molecule has 1 aromatic rings. The first-order valence-corrected chi connectivity index (χ1v) is 12.3. The van der Waals surface area contributed by atoms with Crippen LogP contribution in [0.5, 0.6) is 5.75 Å². The molecule has 1 N–H and O–H groups in total. The Labute approximate surface area is 182 Å². The summed E-state index contributed by atoms with van der Waals surface area (Å²) in [7, 11) is 0. The third-order valence-electron chi connectivity index (χ3n) is 5.70. The van der Waals surface area contributed by atoms with E-state index < -0.39 is 12.1 Å². The number of halogens is 1. The molecule has 0 bridgehead atoms. The second-order valence-electron chi connectivity index (χ2n) is 8.24. The fourth-order valence-electron chi connectivity index (χ4n) is 4.15. The van der Waals surface area contributed by atoms with Crippen LogP contribution in [0.3, 0.4) is 0 Å². The fraction of sp³-hybridized carbons (Fsp3) is 0.636. The normalized spacial score (nSPS) is 22.8. The molecule has 29 heavy (non-hydrogen) atoms. The molecule has 0 spiro atoms. The van der Waals surface area contributed by atoms with Crippen molar-refractivity contribution >= 4 is 35.2 Å². The summed E-state index contributed by atoms with van der Waals surface area (Å²) >= 11 is 7.94. The van der Waals surface area contributed by atoms with Gasteiger partial charge in [0, 0.05) is 28.9 Å². The highest BCUT2D eigenvalue weighted by atomic mass is 35.5. The Hall–Kier alpha value is -1.40. The smallest absolute Gasteiger partial charge is 0.264 e. The van der Waals surface area contributed by atoms with E-state index in [1.165, 1.54) is 6.42 Å². The van der Waals surface area contributed by atoms with E-state index in [0.29, 0.717) is 22.9 Å². The van der Waals surface area contributed by atoms with Gasteiger partial charge in [0.1, 0.15) is 11.8 Å². The van der Waals surface area contributed by atoms with Crippen molar-refractivity contribution in [1.29, 1.82) is 0 Å². The lowest BCUT2D eigenvalue weighted by Crippen LogP contribution is -2.50. The van der Waals surface area contributed by atoms with Crippen LogP contribution in [-0.4, -0.2) is 47.4 Å². The van der Waals surface area contributed by atoms with Gasteiger partial charge in [-0.25, -0.2) is 0 Å². The summed E-state index contributed by atoms with van der Waals surface area (Å²) < 4.78 is 6.13. The van der Waals surface area contributed by atoms with Crippen molar-refractivity contribution in [2.45, 2.75) is 64.1 Å². The second-order valence-corrected chi connectivity index (χ2v) is 9.66. The molecule has 1 saturated carbocycles. The van der Waals surface area contributed by atoms with Crippen LogP contribution >= 0.6 is 23.4 Å². The van der Waals surface area contributed by atoms with E-state index in [4.69, 9.17) is 16.3 Å². The van der Waals surface area contributed by atoms with Gasteiger partial charge in [-0.3, -0.25) is 9.59 Å². The van der Waals surface area contributed by atoms with Crippen LogP contribution in [-0.2, 0) is 9.59 Å². The number of carbonyl (C=O) groups excluding carboxylic acids is 2. The van der Waals surface area contributed by atoms with E-state index in [2.05, 4.69) is 5.32 Å². The van der Waals surface area contributed by atoms with E-state index in [0.717, 1.165) is 31.4 Å². The van der Waals surface area contributed by atoms with Gasteiger partial charge in [-0.05, 0) is 43.2 Å². The van der Waals surface area contributed by atoms with Crippen molar-refractivity contribution < 1.29 is 14.3 Å². The summed E-state index contributed by atoms with van der Waals surface area (Å²) in [5, 5.41) is 3.74. The molecule has 2 unspecified atom stereocenters. The summed E-state index contributed by atoms with van der Waals surface area (Å²) in [5.41, 5.74) is 0.670. The minimum absolute atomic E-state index is 0.0111. The highest BCUT2D eigenvalue weighted by Crippen LogP contribution is 2.38. The van der Waals surface area contributed by atoms with Gasteiger partial charge in [-0.2, -0.15) is 11.8 Å². The third kappa shape index (κ3) is 5.21. The zero-order valence-corrected chi connectivity index (χ0v) is 19.0. The number of amides is 2. The van der Waals surface area contributed by atoms with Gasteiger partial charge >= 0.3 is 0 Å². The number of benzene rings is 1. The number of hydrogen-bond donors (Lipinski definition) is 1. The van der Waals surface area contributed by atoms with Crippen LogP contribution in [0.4, 0.5) is 0 Å². The molecule has 1 aliphatic heterocycles. The van der Waals surface area contributed by atoms with Crippen LogP contribution in [0.15, 0.2) is 18.2 Å². The lowest BCUT2D eigenvalue weighted by Gasteiger charge is -2.33. The zero-order valence-electron chi connectivity index (χ0n) is 17.4. The number of rotatable bonds is 6. The molecule has 1 aromatic carbocycles. The van der Waals surface area contributed by atoms with E-state index in [9.17, 15) is 9.59 Å². The molecule has 0 saturated heterocycles. The molecule has 2 amide bonds. The lowest BCUT2D eigenvalue weighted by molar-refractivity contribution is -0.146. The molecule has 160 valence electrons. The average Bonchev–Trinajstić information content (AvgIpc) is 2.81. The van der Waals surface area contributed by atoms with Gasteiger partial charge in [-0.15, -0.1) is 0 Å². The molecule has 1 fully saturated rings. The average molecular weight is 439 g/mol. The van der Waals surface area contributed by atoms with Crippen LogP contribution in [0.1, 0.15) is 57.6 Å². The Balaban J connectivity index is 2.00. The molecule has 0 aromatic heterocycles. The predicted molar refractivity (Wildman–Crippen MR) is 119 cm³/mol. The number of thioether (sulfide) groups is 1. The minimum Gasteiger partial charge on any atom is -0.480 e. The number of carbonyl (C=O) groups is 2. The van der Waals surface area contributed by atoms with Gasteiger partial charge < -0.3 is 15.0 Å². The monoisotopic (exact) mass is 438 g/mol. The van der Waals surface area contributed by atoms with Crippen LogP contribution in [0.2, 0.25) is 5.02 Å². The highest BCUT2D eigenvalue weighted by Gasteiger charge is 2.42. The first kappa shape index (κ1) is 22.3. The molecule has 1 aliphatic carbocycles. The molecule has 5 nitrogen and oxygen atoms in total. The number of ether oxygens (including phenoxy) is 1. The van der Waals surface area contributed by atoms with Crippen molar-refractivity contribution in [3.05, 3.63) is 28.8 Å².